The molecule has 0 fully saturated rings. The summed E-state index contributed by atoms with van der Waals surface area (Å²) in [6.45, 7) is 2.15. The summed E-state index contributed by atoms with van der Waals surface area (Å²) in [5.41, 5.74) is 2.96. The lowest BCUT2D eigenvalue weighted by atomic mass is 10.1. The van der Waals surface area contributed by atoms with Crippen LogP contribution in [0.4, 0.5) is 0 Å². The number of nitrogens with zero attached hydrogens (tertiary/aromatic N) is 3. The van der Waals surface area contributed by atoms with Crippen molar-refractivity contribution in [3.05, 3.63) is 65.9 Å². The van der Waals surface area contributed by atoms with Gasteiger partial charge in [-0.1, -0.05) is 35.5 Å². The number of aromatic nitrogens is 3. The Hall–Kier alpha value is -3.02. The standard InChI is InChI=1S/C16H14N4O2/c1-11-14(9-19-16(21)13-7-17-10-18-8-13)15(20-22-11)12-5-3-2-4-6-12/h2-8,10H,9H2,1H3,(H,19,21). The Morgan fingerprint density at radius 2 is 1.91 bits per heavy atom. The minimum Gasteiger partial charge on any atom is -0.361 e. The Labute approximate surface area is 127 Å². The van der Waals surface area contributed by atoms with E-state index in [1.165, 1.54) is 18.7 Å². The van der Waals surface area contributed by atoms with Gasteiger partial charge in [-0.3, -0.25) is 4.79 Å². The molecule has 0 aliphatic heterocycles. The van der Waals surface area contributed by atoms with Gasteiger partial charge in [-0.2, -0.15) is 0 Å². The number of hydrogen-bond acceptors (Lipinski definition) is 5. The van der Waals surface area contributed by atoms with Crippen molar-refractivity contribution in [3.63, 3.8) is 0 Å². The summed E-state index contributed by atoms with van der Waals surface area (Å²) in [6.07, 6.45) is 4.33. The highest BCUT2D eigenvalue weighted by Crippen LogP contribution is 2.24. The first kappa shape index (κ1) is 13.9. The Balaban J connectivity index is 1.79. The zero-order valence-corrected chi connectivity index (χ0v) is 12.0. The van der Waals surface area contributed by atoms with E-state index in [1.54, 1.807) is 0 Å². The summed E-state index contributed by atoms with van der Waals surface area (Å²) in [5.74, 6) is 0.448. The number of amides is 1. The largest absolute Gasteiger partial charge is 0.361 e. The number of aryl methyl sites for hydroxylation is 1. The van der Waals surface area contributed by atoms with E-state index in [1.807, 2.05) is 37.3 Å². The van der Waals surface area contributed by atoms with Crippen molar-refractivity contribution in [3.8, 4) is 11.3 Å². The van der Waals surface area contributed by atoms with Crippen molar-refractivity contribution in [2.24, 2.45) is 0 Å². The van der Waals surface area contributed by atoms with Crippen LogP contribution >= 0.6 is 0 Å². The third-order valence-corrected chi connectivity index (χ3v) is 3.28. The maximum absolute atomic E-state index is 12.1. The second-order valence-corrected chi connectivity index (χ2v) is 4.74. The molecule has 110 valence electrons. The molecule has 6 nitrogen and oxygen atoms in total. The van der Waals surface area contributed by atoms with Gasteiger partial charge >= 0.3 is 0 Å². The van der Waals surface area contributed by atoms with Gasteiger partial charge in [-0.25, -0.2) is 9.97 Å². The fraction of sp³-hybridized carbons (Fsp3) is 0.125. The first-order chi connectivity index (χ1) is 10.8. The molecule has 2 heterocycles. The molecule has 6 heteroatoms. The van der Waals surface area contributed by atoms with E-state index in [0.29, 0.717) is 17.9 Å². The zero-order chi connectivity index (χ0) is 15.4. The highest BCUT2D eigenvalue weighted by atomic mass is 16.5. The molecule has 1 N–H and O–H groups in total. The van der Waals surface area contributed by atoms with Crippen LogP contribution < -0.4 is 5.32 Å². The minimum atomic E-state index is -0.236. The van der Waals surface area contributed by atoms with Crippen molar-refractivity contribution in [1.82, 2.24) is 20.4 Å². The lowest BCUT2D eigenvalue weighted by Crippen LogP contribution is -2.23. The summed E-state index contributed by atoms with van der Waals surface area (Å²) >= 11 is 0. The van der Waals surface area contributed by atoms with E-state index >= 15 is 0 Å². The summed E-state index contributed by atoms with van der Waals surface area (Å²) in [6, 6.07) is 9.71. The van der Waals surface area contributed by atoms with Crippen LogP contribution in [0.5, 0.6) is 0 Å². The molecule has 0 aliphatic rings. The van der Waals surface area contributed by atoms with Crippen LogP contribution in [0.25, 0.3) is 11.3 Å². The summed E-state index contributed by atoms with van der Waals surface area (Å²) in [5, 5.41) is 6.92. The highest BCUT2D eigenvalue weighted by molar-refractivity contribution is 5.93. The first-order valence-corrected chi connectivity index (χ1v) is 6.79. The van der Waals surface area contributed by atoms with Crippen molar-refractivity contribution >= 4 is 5.91 Å². The Morgan fingerprint density at radius 3 is 2.64 bits per heavy atom. The summed E-state index contributed by atoms with van der Waals surface area (Å²) in [7, 11) is 0. The number of carbonyl (C=O) groups is 1. The lowest BCUT2D eigenvalue weighted by molar-refractivity contribution is 0.0950. The number of rotatable bonds is 4. The van der Waals surface area contributed by atoms with Crippen LogP contribution in [0.15, 0.2) is 53.6 Å². The van der Waals surface area contributed by atoms with E-state index in [2.05, 4.69) is 20.4 Å². The fourth-order valence-electron chi connectivity index (χ4n) is 2.11. The van der Waals surface area contributed by atoms with Gasteiger partial charge in [0.25, 0.3) is 5.91 Å². The van der Waals surface area contributed by atoms with Gasteiger partial charge in [0.15, 0.2) is 0 Å². The first-order valence-electron chi connectivity index (χ1n) is 6.79. The van der Waals surface area contributed by atoms with Crippen molar-refractivity contribution in [2.45, 2.75) is 13.5 Å². The van der Waals surface area contributed by atoms with Gasteiger partial charge in [0.2, 0.25) is 0 Å². The van der Waals surface area contributed by atoms with E-state index in [4.69, 9.17) is 4.52 Å². The molecule has 0 spiro atoms. The summed E-state index contributed by atoms with van der Waals surface area (Å²) in [4.78, 5) is 19.7. The molecule has 22 heavy (non-hydrogen) atoms. The second kappa shape index (κ2) is 6.17. The van der Waals surface area contributed by atoms with Crippen LogP contribution in [0.2, 0.25) is 0 Å². The Morgan fingerprint density at radius 1 is 1.18 bits per heavy atom. The monoisotopic (exact) mass is 294 g/mol. The zero-order valence-electron chi connectivity index (χ0n) is 12.0. The molecule has 0 aliphatic carbocycles. The maximum atomic E-state index is 12.1. The quantitative estimate of drug-likeness (QED) is 0.799. The van der Waals surface area contributed by atoms with Crippen molar-refractivity contribution < 1.29 is 9.32 Å². The number of nitrogens with one attached hydrogen (secondary N) is 1. The lowest BCUT2D eigenvalue weighted by Gasteiger charge is -2.05. The topological polar surface area (TPSA) is 80.9 Å². The molecule has 0 radical (unpaired) electrons. The molecule has 1 aromatic carbocycles. The van der Waals surface area contributed by atoms with E-state index < -0.39 is 0 Å². The van der Waals surface area contributed by atoms with Crippen LogP contribution in [-0.4, -0.2) is 21.0 Å². The van der Waals surface area contributed by atoms with Crippen LogP contribution in [0.3, 0.4) is 0 Å². The molecule has 2 aromatic heterocycles. The normalized spacial score (nSPS) is 10.4. The smallest absolute Gasteiger partial charge is 0.254 e. The molecule has 0 atom stereocenters. The predicted octanol–water partition coefficient (Wildman–Crippen LogP) is 2.37. The van der Waals surface area contributed by atoms with Gasteiger partial charge in [0, 0.05) is 30.1 Å². The van der Waals surface area contributed by atoms with Gasteiger partial charge in [-0.05, 0) is 6.92 Å². The highest BCUT2D eigenvalue weighted by Gasteiger charge is 2.15. The molecular weight excluding hydrogens is 280 g/mol. The van der Waals surface area contributed by atoms with E-state index in [-0.39, 0.29) is 5.91 Å². The van der Waals surface area contributed by atoms with Gasteiger partial charge < -0.3 is 9.84 Å². The number of hydrogen-bond donors (Lipinski definition) is 1. The molecule has 0 unspecified atom stereocenters. The third kappa shape index (κ3) is 2.85. The number of benzene rings is 1. The average Bonchev–Trinajstić information content (AvgIpc) is 2.95. The second-order valence-electron chi connectivity index (χ2n) is 4.74. The van der Waals surface area contributed by atoms with Gasteiger partial charge in [-0.15, -0.1) is 0 Å². The third-order valence-electron chi connectivity index (χ3n) is 3.28. The van der Waals surface area contributed by atoms with Crippen LogP contribution in [0.1, 0.15) is 21.7 Å². The molecule has 3 aromatic rings. The molecule has 0 saturated heterocycles. The van der Waals surface area contributed by atoms with Crippen molar-refractivity contribution in [2.75, 3.05) is 0 Å². The molecule has 1 amide bonds. The minimum absolute atomic E-state index is 0.236. The molecule has 0 saturated carbocycles. The number of carbonyl (C=O) groups excluding carboxylic acids is 1. The Kier molecular flexibility index (Phi) is 3.91. The van der Waals surface area contributed by atoms with Gasteiger partial charge in [0.1, 0.15) is 17.8 Å². The fourth-order valence-corrected chi connectivity index (χ4v) is 2.11. The SMILES string of the molecule is Cc1onc(-c2ccccc2)c1CNC(=O)c1cncnc1. The van der Waals surface area contributed by atoms with E-state index in [9.17, 15) is 4.79 Å². The maximum Gasteiger partial charge on any atom is 0.254 e. The molecular formula is C16H14N4O2. The molecule has 0 bridgehead atoms. The van der Waals surface area contributed by atoms with Crippen LogP contribution in [0, 0.1) is 6.92 Å². The average molecular weight is 294 g/mol. The van der Waals surface area contributed by atoms with E-state index in [0.717, 1.165) is 16.8 Å². The summed E-state index contributed by atoms with van der Waals surface area (Å²) < 4.78 is 5.26. The molecule has 3 rings (SSSR count). The van der Waals surface area contributed by atoms with Gasteiger partial charge in [0.05, 0.1) is 5.56 Å². The van der Waals surface area contributed by atoms with Crippen LogP contribution in [-0.2, 0) is 6.54 Å². The Bertz CT molecular complexity index is 769. The van der Waals surface area contributed by atoms with Crippen molar-refractivity contribution in [1.29, 1.82) is 0 Å². The predicted molar refractivity (Wildman–Crippen MR) is 79.9 cm³/mol.